The Kier molecular flexibility index (Phi) is 4.85. The van der Waals surface area contributed by atoms with Gasteiger partial charge in [-0.1, -0.05) is 0 Å². The summed E-state index contributed by atoms with van der Waals surface area (Å²) < 4.78 is 2.98. The SMILES string of the molecule is Cc1cc(I)ccc1NC(=O)c1cc(Br)c(Br)s1. The molecule has 18 heavy (non-hydrogen) atoms. The summed E-state index contributed by atoms with van der Waals surface area (Å²) in [5.41, 5.74) is 1.91. The number of aryl methyl sites for hydroxylation is 1. The Balaban J connectivity index is 2.21. The van der Waals surface area contributed by atoms with Crippen LogP contribution in [0.5, 0.6) is 0 Å². The fraction of sp³-hybridized carbons (Fsp3) is 0.0833. The van der Waals surface area contributed by atoms with Crippen LogP contribution in [-0.4, -0.2) is 5.91 Å². The predicted molar refractivity (Wildman–Crippen MR) is 91.6 cm³/mol. The van der Waals surface area contributed by atoms with Gasteiger partial charge in [-0.2, -0.15) is 0 Å². The number of carbonyl (C=O) groups is 1. The third kappa shape index (κ3) is 3.34. The summed E-state index contributed by atoms with van der Waals surface area (Å²) in [7, 11) is 0. The van der Waals surface area contributed by atoms with E-state index in [0.717, 1.165) is 23.1 Å². The first-order chi connectivity index (χ1) is 8.47. The van der Waals surface area contributed by atoms with Crippen molar-refractivity contribution in [2.45, 2.75) is 6.92 Å². The third-order valence-corrected chi connectivity index (χ3v) is 6.23. The Morgan fingerprint density at radius 3 is 2.61 bits per heavy atom. The van der Waals surface area contributed by atoms with Crippen LogP contribution < -0.4 is 5.32 Å². The van der Waals surface area contributed by atoms with Gasteiger partial charge < -0.3 is 5.32 Å². The summed E-state index contributed by atoms with van der Waals surface area (Å²) in [4.78, 5) is 12.7. The standard InChI is InChI=1S/C12H8Br2INOS/c1-6-4-7(15)2-3-9(6)16-12(17)10-5-8(13)11(14)18-10/h2-5H,1H3,(H,16,17). The maximum atomic E-state index is 12.1. The Labute approximate surface area is 140 Å². The van der Waals surface area contributed by atoms with Gasteiger partial charge in [0.1, 0.15) is 0 Å². The van der Waals surface area contributed by atoms with E-state index in [1.54, 1.807) is 0 Å². The monoisotopic (exact) mass is 499 g/mol. The van der Waals surface area contributed by atoms with Gasteiger partial charge in [0.25, 0.3) is 5.91 Å². The van der Waals surface area contributed by atoms with Crippen molar-refractivity contribution in [2.24, 2.45) is 0 Å². The molecule has 1 aromatic heterocycles. The molecule has 0 unspecified atom stereocenters. The molecule has 0 bridgehead atoms. The van der Waals surface area contributed by atoms with E-state index in [1.165, 1.54) is 11.3 Å². The van der Waals surface area contributed by atoms with Gasteiger partial charge in [0.05, 0.1) is 8.66 Å². The second-order valence-electron chi connectivity index (χ2n) is 3.65. The molecule has 0 radical (unpaired) electrons. The highest BCUT2D eigenvalue weighted by atomic mass is 127. The molecule has 0 atom stereocenters. The summed E-state index contributed by atoms with van der Waals surface area (Å²) in [6.45, 7) is 1.98. The first kappa shape index (κ1) is 14.5. The smallest absolute Gasteiger partial charge is 0.265 e. The molecule has 0 aliphatic heterocycles. The molecule has 0 aliphatic rings. The average Bonchev–Trinajstić information content (AvgIpc) is 2.63. The van der Waals surface area contributed by atoms with Crippen molar-refractivity contribution in [3.05, 3.63) is 46.5 Å². The summed E-state index contributed by atoms with van der Waals surface area (Å²) in [6.07, 6.45) is 0. The Morgan fingerprint density at radius 1 is 1.33 bits per heavy atom. The van der Waals surface area contributed by atoms with E-state index in [1.807, 2.05) is 31.2 Å². The van der Waals surface area contributed by atoms with Gasteiger partial charge in [-0.3, -0.25) is 4.79 Å². The molecule has 94 valence electrons. The molecule has 1 aromatic carbocycles. The van der Waals surface area contributed by atoms with Gasteiger partial charge in [0.2, 0.25) is 0 Å². The molecule has 2 rings (SSSR count). The van der Waals surface area contributed by atoms with E-state index in [9.17, 15) is 4.79 Å². The Hall–Kier alpha value is 0.0800. The number of nitrogens with one attached hydrogen (secondary N) is 1. The molecule has 1 heterocycles. The number of carbonyl (C=O) groups excluding carboxylic acids is 1. The highest BCUT2D eigenvalue weighted by Crippen LogP contribution is 2.32. The van der Waals surface area contributed by atoms with E-state index in [4.69, 9.17) is 0 Å². The first-order valence-corrected chi connectivity index (χ1v) is 8.48. The highest BCUT2D eigenvalue weighted by Gasteiger charge is 2.13. The number of halogens is 3. The quantitative estimate of drug-likeness (QED) is 0.547. The lowest BCUT2D eigenvalue weighted by Crippen LogP contribution is -2.11. The molecule has 1 amide bonds. The zero-order chi connectivity index (χ0) is 13.3. The number of hydrogen-bond donors (Lipinski definition) is 1. The Bertz CT molecular complexity index is 593. The largest absolute Gasteiger partial charge is 0.321 e. The lowest BCUT2D eigenvalue weighted by atomic mass is 10.2. The van der Waals surface area contributed by atoms with Crippen molar-refractivity contribution < 1.29 is 4.79 Å². The van der Waals surface area contributed by atoms with Crippen molar-refractivity contribution in [3.63, 3.8) is 0 Å². The fourth-order valence-corrected chi connectivity index (χ4v) is 3.99. The number of anilines is 1. The molecule has 6 heteroatoms. The number of rotatable bonds is 2. The van der Waals surface area contributed by atoms with Crippen LogP contribution in [0.1, 0.15) is 15.2 Å². The van der Waals surface area contributed by atoms with Crippen molar-refractivity contribution in [1.82, 2.24) is 0 Å². The molecule has 0 aliphatic carbocycles. The summed E-state index contributed by atoms with van der Waals surface area (Å²) in [5.74, 6) is -0.0873. The second kappa shape index (κ2) is 6.02. The molecule has 1 N–H and O–H groups in total. The summed E-state index contributed by atoms with van der Waals surface area (Å²) in [5, 5.41) is 2.92. The predicted octanol–water partition coefficient (Wildman–Crippen LogP) is 5.44. The van der Waals surface area contributed by atoms with E-state index in [0.29, 0.717) is 4.88 Å². The van der Waals surface area contributed by atoms with Crippen molar-refractivity contribution in [3.8, 4) is 0 Å². The molecule has 2 nitrogen and oxygen atoms in total. The number of amides is 1. The molecule has 0 fully saturated rings. The molecular formula is C12H8Br2INOS. The van der Waals surface area contributed by atoms with Gasteiger partial charge in [-0.25, -0.2) is 0 Å². The normalized spacial score (nSPS) is 10.4. The van der Waals surface area contributed by atoms with E-state index < -0.39 is 0 Å². The van der Waals surface area contributed by atoms with E-state index >= 15 is 0 Å². The third-order valence-electron chi connectivity index (χ3n) is 2.31. The van der Waals surface area contributed by atoms with Gasteiger partial charge in [-0.05, 0) is 91.2 Å². The number of hydrogen-bond acceptors (Lipinski definition) is 2. The number of thiophene rings is 1. The van der Waals surface area contributed by atoms with Crippen LogP contribution in [0.3, 0.4) is 0 Å². The minimum Gasteiger partial charge on any atom is -0.321 e. The van der Waals surface area contributed by atoms with E-state index in [-0.39, 0.29) is 5.91 Å². The topological polar surface area (TPSA) is 29.1 Å². The molecule has 0 saturated carbocycles. The lowest BCUT2D eigenvalue weighted by Gasteiger charge is -2.07. The van der Waals surface area contributed by atoms with Crippen molar-refractivity contribution in [2.75, 3.05) is 5.32 Å². The highest BCUT2D eigenvalue weighted by molar-refractivity contribution is 14.1. The van der Waals surface area contributed by atoms with Gasteiger partial charge in [0.15, 0.2) is 0 Å². The lowest BCUT2D eigenvalue weighted by molar-refractivity contribution is 0.103. The zero-order valence-electron chi connectivity index (χ0n) is 9.26. The van der Waals surface area contributed by atoms with Crippen molar-refractivity contribution >= 4 is 77.4 Å². The molecule has 0 saturated heterocycles. The number of benzene rings is 1. The van der Waals surface area contributed by atoms with Crippen LogP contribution in [-0.2, 0) is 0 Å². The van der Waals surface area contributed by atoms with Crippen LogP contribution in [0.4, 0.5) is 5.69 Å². The summed E-state index contributed by atoms with van der Waals surface area (Å²) in [6, 6.07) is 7.75. The van der Waals surface area contributed by atoms with Crippen molar-refractivity contribution in [1.29, 1.82) is 0 Å². The van der Waals surface area contributed by atoms with Crippen LogP contribution in [0.15, 0.2) is 32.5 Å². The molecular weight excluding hydrogens is 493 g/mol. The zero-order valence-corrected chi connectivity index (χ0v) is 15.4. The molecule has 0 spiro atoms. The van der Waals surface area contributed by atoms with Crippen LogP contribution in [0, 0.1) is 10.5 Å². The van der Waals surface area contributed by atoms with Crippen LogP contribution in [0.25, 0.3) is 0 Å². The molecule has 2 aromatic rings. The van der Waals surface area contributed by atoms with E-state index in [2.05, 4.69) is 59.8 Å². The minimum absolute atomic E-state index is 0.0873. The van der Waals surface area contributed by atoms with Crippen LogP contribution >= 0.6 is 65.8 Å². The van der Waals surface area contributed by atoms with Gasteiger partial charge >= 0.3 is 0 Å². The minimum atomic E-state index is -0.0873. The fourth-order valence-electron chi connectivity index (χ4n) is 1.41. The maximum Gasteiger partial charge on any atom is 0.265 e. The van der Waals surface area contributed by atoms with Gasteiger partial charge in [-0.15, -0.1) is 11.3 Å². The second-order valence-corrected chi connectivity index (χ2v) is 8.12. The van der Waals surface area contributed by atoms with Gasteiger partial charge in [0, 0.05) is 13.7 Å². The average molecular weight is 501 g/mol. The summed E-state index contributed by atoms with van der Waals surface area (Å²) >= 11 is 10.4. The van der Waals surface area contributed by atoms with Crippen LogP contribution in [0.2, 0.25) is 0 Å². The maximum absolute atomic E-state index is 12.1. The Morgan fingerprint density at radius 2 is 2.06 bits per heavy atom. The first-order valence-electron chi connectivity index (χ1n) is 4.99.